The van der Waals surface area contributed by atoms with Gasteiger partial charge in [0.05, 0.1) is 5.60 Å². The fourth-order valence-electron chi connectivity index (χ4n) is 4.42. The van der Waals surface area contributed by atoms with E-state index < -0.39 is 17.2 Å². The van der Waals surface area contributed by atoms with Crippen molar-refractivity contribution in [3.05, 3.63) is 35.4 Å². The molecule has 1 saturated carbocycles. The molecule has 0 radical (unpaired) electrons. The average Bonchev–Trinajstić information content (AvgIpc) is 2.17. The van der Waals surface area contributed by atoms with Crippen LogP contribution in [-0.2, 0) is 6.42 Å². The maximum Gasteiger partial charge on any atom is 0.159 e. The zero-order valence-electron chi connectivity index (χ0n) is 12.8. The Bertz CT molecular complexity index is 490. The molecule has 0 saturated heterocycles. The van der Waals surface area contributed by atoms with Gasteiger partial charge in [0.2, 0.25) is 0 Å². The quantitative estimate of drug-likeness (QED) is 0.848. The lowest BCUT2D eigenvalue weighted by Gasteiger charge is -2.49. The van der Waals surface area contributed by atoms with Crippen LogP contribution >= 0.6 is 0 Å². The van der Waals surface area contributed by atoms with Crippen LogP contribution in [-0.4, -0.2) is 10.7 Å². The first-order valence-electron chi connectivity index (χ1n) is 7.17. The lowest BCUT2D eigenvalue weighted by molar-refractivity contribution is -0.0851. The molecule has 1 nitrogen and oxygen atoms in total. The topological polar surface area (TPSA) is 20.2 Å². The summed E-state index contributed by atoms with van der Waals surface area (Å²) in [6.07, 6.45) is 2.79. The monoisotopic (exact) mass is 282 g/mol. The van der Waals surface area contributed by atoms with Crippen molar-refractivity contribution >= 4 is 0 Å². The van der Waals surface area contributed by atoms with E-state index in [4.69, 9.17) is 0 Å². The summed E-state index contributed by atoms with van der Waals surface area (Å²) in [7, 11) is 0. The molecule has 1 fully saturated rings. The molecule has 1 aromatic rings. The summed E-state index contributed by atoms with van der Waals surface area (Å²) < 4.78 is 26.3. The molecule has 3 heteroatoms. The highest BCUT2D eigenvalue weighted by molar-refractivity contribution is 5.20. The van der Waals surface area contributed by atoms with Crippen LogP contribution in [0.3, 0.4) is 0 Å². The third-order valence-electron chi connectivity index (χ3n) is 4.09. The van der Waals surface area contributed by atoms with Gasteiger partial charge in [0.25, 0.3) is 0 Å². The molecular formula is C17H24F2O. The van der Waals surface area contributed by atoms with Crippen molar-refractivity contribution in [1.82, 2.24) is 0 Å². The number of rotatable bonds is 2. The largest absolute Gasteiger partial charge is 0.390 e. The third-order valence-corrected chi connectivity index (χ3v) is 4.09. The molecule has 0 amide bonds. The molecule has 2 rings (SSSR count). The summed E-state index contributed by atoms with van der Waals surface area (Å²) in [5.74, 6) is -1.69. The number of halogens is 2. The van der Waals surface area contributed by atoms with Gasteiger partial charge in [-0.25, -0.2) is 8.78 Å². The van der Waals surface area contributed by atoms with Gasteiger partial charge >= 0.3 is 0 Å². The molecule has 0 aromatic heterocycles. The van der Waals surface area contributed by atoms with Gasteiger partial charge in [-0.3, -0.25) is 0 Å². The number of hydrogen-bond acceptors (Lipinski definition) is 1. The molecule has 0 bridgehead atoms. The van der Waals surface area contributed by atoms with E-state index in [-0.39, 0.29) is 10.8 Å². The van der Waals surface area contributed by atoms with Crippen molar-refractivity contribution < 1.29 is 13.9 Å². The second kappa shape index (κ2) is 4.80. The summed E-state index contributed by atoms with van der Waals surface area (Å²) in [6, 6.07) is 3.89. The summed E-state index contributed by atoms with van der Waals surface area (Å²) in [5.41, 5.74) is -0.0976. The van der Waals surface area contributed by atoms with E-state index in [0.717, 1.165) is 12.5 Å². The molecule has 0 unspecified atom stereocenters. The molecule has 1 N–H and O–H groups in total. The Balaban J connectivity index is 2.23. The third kappa shape index (κ3) is 3.57. The Kier molecular flexibility index (Phi) is 3.70. The molecule has 1 aliphatic rings. The zero-order chi connectivity index (χ0) is 15.2. The molecule has 0 aliphatic heterocycles. The fraction of sp³-hybridized carbons (Fsp3) is 0.647. The van der Waals surface area contributed by atoms with Gasteiger partial charge in [-0.1, -0.05) is 33.8 Å². The van der Waals surface area contributed by atoms with Gasteiger partial charge in [-0.05, 0) is 47.8 Å². The molecule has 0 heterocycles. The van der Waals surface area contributed by atoms with Gasteiger partial charge in [0.15, 0.2) is 11.6 Å². The van der Waals surface area contributed by atoms with Crippen molar-refractivity contribution in [1.29, 1.82) is 0 Å². The summed E-state index contributed by atoms with van der Waals surface area (Å²) in [5, 5.41) is 10.9. The van der Waals surface area contributed by atoms with Crippen molar-refractivity contribution in [2.45, 2.75) is 59.0 Å². The standard InChI is InChI=1S/C17H24F2O/c1-15(2)9-16(3,4)11-17(20,10-15)8-12-5-6-13(18)14(19)7-12/h5-7,20H,8-11H2,1-4H3. The van der Waals surface area contributed by atoms with Gasteiger partial charge in [0, 0.05) is 6.42 Å². The summed E-state index contributed by atoms with van der Waals surface area (Å²) >= 11 is 0. The highest BCUT2D eigenvalue weighted by Gasteiger charge is 2.46. The molecule has 112 valence electrons. The SMILES string of the molecule is CC1(C)CC(C)(C)CC(O)(Cc2ccc(F)c(F)c2)C1. The van der Waals surface area contributed by atoms with Crippen LogP contribution in [0.2, 0.25) is 0 Å². The van der Waals surface area contributed by atoms with Gasteiger partial charge < -0.3 is 5.11 Å². The van der Waals surface area contributed by atoms with E-state index in [2.05, 4.69) is 27.7 Å². The maximum absolute atomic E-state index is 13.3. The Labute approximate surface area is 120 Å². The van der Waals surface area contributed by atoms with Crippen LogP contribution in [0, 0.1) is 22.5 Å². The summed E-state index contributed by atoms with van der Waals surface area (Å²) in [4.78, 5) is 0. The average molecular weight is 282 g/mol. The summed E-state index contributed by atoms with van der Waals surface area (Å²) in [6.45, 7) is 8.63. The first-order chi connectivity index (χ1) is 9.00. The molecule has 0 atom stereocenters. The maximum atomic E-state index is 13.3. The lowest BCUT2D eigenvalue weighted by Crippen LogP contribution is -2.47. The number of hydrogen-bond donors (Lipinski definition) is 1. The minimum atomic E-state index is -0.852. The molecule has 1 aromatic carbocycles. The highest BCUT2D eigenvalue weighted by atomic mass is 19.2. The normalized spacial score (nSPS) is 23.6. The van der Waals surface area contributed by atoms with Crippen molar-refractivity contribution in [2.75, 3.05) is 0 Å². The first kappa shape index (κ1) is 15.4. The minimum Gasteiger partial charge on any atom is -0.390 e. The minimum absolute atomic E-state index is 0.0507. The molecule has 1 aliphatic carbocycles. The van der Waals surface area contributed by atoms with E-state index in [1.807, 2.05) is 0 Å². The molecular weight excluding hydrogens is 258 g/mol. The lowest BCUT2D eigenvalue weighted by atomic mass is 9.58. The van der Waals surface area contributed by atoms with Crippen LogP contribution in [0.15, 0.2) is 18.2 Å². The van der Waals surface area contributed by atoms with E-state index in [1.54, 1.807) is 6.07 Å². The Morgan fingerprint density at radius 1 is 0.950 bits per heavy atom. The predicted molar refractivity (Wildman–Crippen MR) is 76.4 cm³/mol. The van der Waals surface area contributed by atoms with Crippen molar-refractivity contribution in [3.63, 3.8) is 0 Å². The van der Waals surface area contributed by atoms with Crippen LogP contribution < -0.4 is 0 Å². The Morgan fingerprint density at radius 3 is 2.00 bits per heavy atom. The first-order valence-corrected chi connectivity index (χ1v) is 7.17. The van der Waals surface area contributed by atoms with Gasteiger partial charge in [-0.2, -0.15) is 0 Å². The number of aliphatic hydroxyl groups is 1. The van der Waals surface area contributed by atoms with E-state index >= 15 is 0 Å². The Morgan fingerprint density at radius 2 is 1.50 bits per heavy atom. The zero-order valence-corrected chi connectivity index (χ0v) is 12.8. The van der Waals surface area contributed by atoms with Crippen LogP contribution in [0.5, 0.6) is 0 Å². The highest BCUT2D eigenvalue weighted by Crippen LogP contribution is 2.51. The fourth-order valence-corrected chi connectivity index (χ4v) is 4.42. The second-order valence-electron chi connectivity index (χ2n) is 8.01. The van der Waals surface area contributed by atoms with E-state index in [1.165, 1.54) is 6.07 Å². The van der Waals surface area contributed by atoms with Crippen LogP contribution in [0.4, 0.5) is 8.78 Å². The Hall–Kier alpha value is -0.960. The molecule has 0 spiro atoms. The predicted octanol–water partition coefficient (Wildman–Crippen LogP) is 4.47. The van der Waals surface area contributed by atoms with Gasteiger partial charge in [-0.15, -0.1) is 0 Å². The van der Waals surface area contributed by atoms with Crippen molar-refractivity contribution in [3.8, 4) is 0 Å². The number of benzene rings is 1. The van der Waals surface area contributed by atoms with Gasteiger partial charge in [0.1, 0.15) is 0 Å². The smallest absolute Gasteiger partial charge is 0.159 e. The van der Waals surface area contributed by atoms with Crippen LogP contribution in [0.1, 0.15) is 52.5 Å². The van der Waals surface area contributed by atoms with Crippen LogP contribution in [0.25, 0.3) is 0 Å². The van der Waals surface area contributed by atoms with Crippen molar-refractivity contribution in [2.24, 2.45) is 10.8 Å². The molecule has 20 heavy (non-hydrogen) atoms. The second-order valence-corrected chi connectivity index (χ2v) is 8.01. The van der Waals surface area contributed by atoms with E-state index in [0.29, 0.717) is 24.8 Å². The van der Waals surface area contributed by atoms with E-state index in [9.17, 15) is 13.9 Å².